The van der Waals surface area contributed by atoms with Crippen molar-refractivity contribution in [2.75, 3.05) is 13.7 Å². The maximum Gasteiger partial charge on any atom is 0.330 e. The fraction of sp³-hybridized carbons (Fsp3) is 0.529. The zero-order valence-corrected chi connectivity index (χ0v) is 14.4. The zero-order valence-electron chi connectivity index (χ0n) is 14.4. The summed E-state index contributed by atoms with van der Waals surface area (Å²) >= 11 is 0. The number of nitrogens with one attached hydrogen (secondary N) is 2. The summed E-state index contributed by atoms with van der Waals surface area (Å²) in [5, 5.41) is 5.38. The van der Waals surface area contributed by atoms with E-state index in [4.69, 9.17) is 9.47 Å². The first kappa shape index (κ1) is 19.0. The Morgan fingerprint density at radius 3 is 2.26 bits per heavy atom. The molecule has 0 saturated carbocycles. The molecule has 6 heteroatoms. The van der Waals surface area contributed by atoms with Gasteiger partial charge in [0.25, 0.3) is 0 Å². The Labute approximate surface area is 137 Å². The van der Waals surface area contributed by atoms with Crippen LogP contribution < -0.4 is 10.6 Å². The second-order valence-electron chi connectivity index (χ2n) is 6.25. The van der Waals surface area contributed by atoms with Crippen molar-refractivity contribution < 1.29 is 19.1 Å². The number of benzene rings is 1. The van der Waals surface area contributed by atoms with Crippen molar-refractivity contribution in [3.8, 4) is 0 Å². The van der Waals surface area contributed by atoms with Crippen LogP contribution in [0, 0.1) is 0 Å². The largest absolute Gasteiger partial charge is 0.467 e. The summed E-state index contributed by atoms with van der Waals surface area (Å²) < 4.78 is 10.3. The average molecular weight is 322 g/mol. The number of ether oxygens (including phenoxy) is 2. The molecular formula is C17H26N2O4. The first-order valence-electron chi connectivity index (χ1n) is 7.56. The first-order valence-corrected chi connectivity index (χ1v) is 7.56. The van der Waals surface area contributed by atoms with Gasteiger partial charge in [-0.3, -0.25) is 0 Å². The molecule has 1 aromatic carbocycles. The monoisotopic (exact) mass is 322 g/mol. The maximum absolute atomic E-state index is 12.1. The van der Waals surface area contributed by atoms with E-state index >= 15 is 0 Å². The van der Waals surface area contributed by atoms with E-state index in [1.165, 1.54) is 7.11 Å². The number of amides is 2. The van der Waals surface area contributed by atoms with E-state index in [-0.39, 0.29) is 12.6 Å². The second-order valence-corrected chi connectivity index (χ2v) is 6.25. The van der Waals surface area contributed by atoms with Crippen LogP contribution >= 0.6 is 0 Å². The van der Waals surface area contributed by atoms with Gasteiger partial charge in [0.15, 0.2) is 6.04 Å². The molecule has 1 aromatic rings. The van der Waals surface area contributed by atoms with Crippen molar-refractivity contribution in [2.45, 2.75) is 45.4 Å². The Morgan fingerprint density at radius 1 is 1.13 bits per heavy atom. The Hall–Kier alpha value is -2.08. The first-order chi connectivity index (χ1) is 10.7. The van der Waals surface area contributed by atoms with Crippen molar-refractivity contribution in [1.29, 1.82) is 0 Å². The maximum atomic E-state index is 12.1. The standard InChI is InChI=1S/C17H26N2O4/c1-12(13-9-7-6-8-10-13)18-16(21)19-14(15(20)22-5)11-23-17(2,3)4/h6-10,12,14H,11H2,1-5H3,(H2,18,19,21)/t12-,14-/m0/s1. The average Bonchev–Trinajstić information content (AvgIpc) is 2.50. The van der Waals surface area contributed by atoms with Gasteiger partial charge in [0.1, 0.15) is 0 Å². The second kappa shape index (κ2) is 8.53. The summed E-state index contributed by atoms with van der Waals surface area (Å²) in [6.07, 6.45) is 0. The molecule has 2 atom stereocenters. The third-order valence-corrected chi connectivity index (χ3v) is 3.12. The predicted octanol–water partition coefficient (Wildman–Crippen LogP) is 2.40. The van der Waals surface area contributed by atoms with Crippen LogP contribution in [0.5, 0.6) is 0 Å². The molecule has 0 unspecified atom stereocenters. The van der Waals surface area contributed by atoms with Crippen molar-refractivity contribution >= 4 is 12.0 Å². The lowest BCUT2D eigenvalue weighted by atomic mass is 10.1. The summed E-state index contributed by atoms with van der Waals surface area (Å²) in [7, 11) is 1.28. The highest BCUT2D eigenvalue weighted by Gasteiger charge is 2.25. The number of carbonyl (C=O) groups is 2. The van der Waals surface area contributed by atoms with E-state index in [2.05, 4.69) is 10.6 Å². The lowest BCUT2D eigenvalue weighted by Gasteiger charge is -2.24. The zero-order chi connectivity index (χ0) is 17.5. The van der Waals surface area contributed by atoms with Crippen LogP contribution in [0.3, 0.4) is 0 Å². The van der Waals surface area contributed by atoms with Gasteiger partial charge in [-0.05, 0) is 33.3 Å². The minimum atomic E-state index is -0.859. The highest BCUT2D eigenvalue weighted by atomic mass is 16.5. The molecule has 0 aliphatic rings. The Bertz CT molecular complexity index is 511. The number of urea groups is 1. The molecule has 0 aromatic heterocycles. The van der Waals surface area contributed by atoms with Gasteiger partial charge in [-0.15, -0.1) is 0 Å². The summed E-state index contributed by atoms with van der Waals surface area (Å²) in [5.74, 6) is -0.545. The summed E-state index contributed by atoms with van der Waals surface area (Å²) in [4.78, 5) is 23.9. The summed E-state index contributed by atoms with van der Waals surface area (Å²) in [5.41, 5.74) is 0.560. The molecule has 2 N–H and O–H groups in total. The SMILES string of the molecule is COC(=O)[C@H](COC(C)(C)C)NC(=O)N[C@@H](C)c1ccccc1. The van der Waals surface area contributed by atoms with Gasteiger partial charge >= 0.3 is 12.0 Å². The van der Waals surface area contributed by atoms with E-state index in [9.17, 15) is 9.59 Å². The van der Waals surface area contributed by atoms with E-state index in [1.54, 1.807) is 0 Å². The molecule has 0 aliphatic heterocycles. The van der Waals surface area contributed by atoms with Crippen LogP contribution in [0.15, 0.2) is 30.3 Å². The van der Waals surface area contributed by atoms with Crippen molar-refractivity contribution in [2.24, 2.45) is 0 Å². The van der Waals surface area contributed by atoms with Gasteiger partial charge in [-0.25, -0.2) is 9.59 Å². The lowest BCUT2D eigenvalue weighted by Crippen LogP contribution is -2.50. The number of hydrogen-bond donors (Lipinski definition) is 2. The van der Waals surface area contributed by atoms with E-state index in [1.807, 2.05) is 58.0 Å². The van der Waals surface area contributed by atoms with Crippen molar-refractivity contribution in [3.05, 3.63) is 35.9 Å². The Kier molecular flexibility index (Phi) is 7.03. The fourth-order valence-electron chi connectivity index (χ4n) is 1.87. The molecular weight excluding hydrogens is 296 g/mol. The molecule has 0 heterocycles. The van der Waals surface area contributed by atoms with Crippen LogP contribution in [0.4, 0.5) is 4.79 Å². The van der Waals surface area contributed by atoms with Crippen LogP contribution in [0.1, 0.15) is 39.3 Å². The predicted molar refractivity (Wildman–Crippen MR) is 88.0 cm³/mol. The molecule has 0 saturated heterocycles. The van der Waals surface area contributed by atoms with Gasteiger partial charge in [0.2, 0.25) is 0 Å². The van der Waals surface area contributed by atoms with E-state index in [0.717, 1.165) is 5.56 Å². The third-order valence-electron chi connectivity index (χ3n) is 3.12. The Morgan fingerprint density at radius 2 is 1.74 bits per heavy atom. The van der Waals surface area contributed by atoms with Gasteiger partial charge in [0, 0.05) is 0 Å². The number of rotatable bonds is 6. The number of hydrogen-bond acceptors (Lipinski definition) is 4. The highest BCUT2D eigenvalue weighted by molar-refractivity contribution is 5.83. The topological polar surface area (TPSA) is 76.7 Å². The lowest BCUT2D eigenvalue weighted by molar-refractivity contribution is -0.146. The fourth-order valence-corrected chi connectivity index (χ4v) is 1.87. The van der Waals surface area contributed by atoms with E-state index in [0.29, 0.717) is 0 Å². The smallest absolute Gasteiger partial charge is 0.330 e. The molecule has 2 amide bonds. The van der Waals surface area contributed by atoms with Crippen molar-refractivity contribution in [3.63, 3.8) is 0 Å². The van der Waals surface area contributed by atoms with Crippen molar-refractivity contribution in [1.82, 2.24) is 10.6 Å². The van der Waals surface area contributed by atoms with Gasteiger partial charge in [-0.1, -0.05) is 30.3 Å². The van der Waals surface area contributed by atoms with Gasteiger partial charge in [0.05, 0.1) is 25.4 Å². The number of esters is 1. The molecule has 0 aliphatic carbocycles. The third kappa shape index (κ3) is 7.15. The number of methoxy groups -OCH3 is 1. The minimum Gasteiger partial charge on any atom is -0.467 e. The molecule has 0 spiro atoms. The summed E-state index contributed by atoms with van der Waals surface area (Å²) in [6.45, 7) is 7.54. The highest BCUT2D eigenvalue weighted by Crippen LogP contribution is 2.11. The minimum absolute atomic E-state index is 0.0450. The van der Waals surface area contributed by atoms with E-state index < -0.39 is 23.6 Å². The quantitative estimate of drug-likeness (QED) is 0.789. The van der Waals surface area contributed by atoms with Crippen LogP contribution in [0.2, 0.25) is 0 Å². The molecule has 6 nitrogen and oxygen atoms in total. The number of carbonyl (C=O) groups excluding carboxylic acids is 2. The Balaban J connectivity index is 2.60. The molecule has 0 fully saturated rings. The van der Waals surface area contributed by atoms with Crippen LogP contribution in [-0.2, 0) is 14.3 Å². The molecule has 23 heavy (non-hydrogen) atoms. The normalized spacial score (nSPS) is 13.8. The van der Waals surface area contributed by atoms with Gasteiger partial charge < -0.3 is 20.1 Å². The molecule has 0 bridgehead atoms. The summed E-state index contributed by atoms with van der Waals surface area (Å²) in [6, 6.07) is 8.07. The van der Waals surface area contributed by atoms with Crippen LogP contribution in [-0.4, -0.2) is 37.4 Å². The van der Waals surface area contributed by atoms with Gasteiger partial charge in [-0.2, -0.15) is 0 Å². The molecule has 128 valence electrons. The molecule has 0 radical (unpaired) electrons. The molecule has 1 rings (SSSR count). The van der Waals surface area contributed by atoms with Crippen LogP contribution in [0.25, 0.3) is 0 Å².